The monoisotopic (exact) mass is 458 g/mol. The Bertz CT molecular complexity index is 1080. The lowest BCUT2D eigenvalue weighted by atomic mass is 10.1. The Labute approximate surface area is 180 Å². The number of aliphatic hydroxyl groups excluding tert-OH is 1. The summed E-state index contributed by atoms with van der Waals surface area (Å²) >= 11 is 5.76. The van der Waals surface area contributed by atoms with Gasteiger partial charge >= 0.3 is 6.18 Å². The van der Waals surface area contributed by atoms with Gasteiger partial charge in [0.25, 0.3) is 0 Å². The number of alkyl halides is 3. The Morgan fingerprint density at radius 2 is 1.90 bits per heavy atom. The third-order valence-corrected chi connectivity index (χ3v) is 4.61. The molecule has 0 radical (unpaired) electrons. The molecule has 3 rings (SSSR count). The molecule has 0 bridgehead atoms. The zero-order chi connectivity index (χ0) is 22.9. The van der Waals surface area contributed by atoms with E-state index >= 15 is 0 Å². The summed E-state index contributed by atoms with van der Waals surface area (Å²) in [4.78, 5) is 11.3. The molecule has 0 aliphatic carbocycles. The van der Waals surface area contributed by atoms with Crippen LogP contribution in [0.2, 0.25) is 5.28 Å². The molecule has 0 amide bonds. The lowest BCUT2D eigenvalue weighted by molar-refractivity contribution is -0.140. The second kappa shape index (κ2) is 8.80. The van der Waals surface area contributed by atoms with Crippen molar-refractivity contribution in [2.45, 2.75) is 45.7 Å². The summed E-state index contributed by atoms with van der Waals surface area (Å²) < 4.78 is 60.9. The summed E-state index contributed by atoms with van der Waals surface area (Å²) in [5, 5.41) is 9.70. The maximum Gasteiger partial charge on any atom is 0.434 e. The first-order valence-electron chi connectivity index (χ1n) is 9.25. The molecule has 11 heteroatoms. The average molecular weight is 459 g/mol. The fraction of sp³-hybridized carbons (Fsp3) is 0.350. The van der Waals surface area contributed by atoms with Crippen molar-refractivity contribution >= 4 is 11.6 Å². The average Bonchev–Trinajstić information content (AvgIpc) is 3.12. The van der Waals surface area contributed by atoms with Crippen LogP contribution in [0.4, 0.5) is 17.6 Å². The molecule has 2 aromatic heterocycles. The number of imidazole rings is 1. The van der Waals surface area contributed by atoms with Crippen LogP contribution < -0.4 is 4.74 Å². The number of ether oxygens (including phenoxy) is 1. The molecule has 1 N–H and O–H groups in total. The molecule has 0 saturated heterocycles. The smallest absolute Gasteiger partial charge is 0.434 e. The summed E-state index contributed by atoms with van der Waals surface area (Å²) in [6, 6.07) is 3.64. The van der Waals surface area contributed by atoms with Gasteiger partial charge < -0.3 is 14.4 Å². The zero-order valence-electron chi connectivity index (χ0n) is 16.8. The SMILES string of the molecule is CC(O)c1cnc(Cl)nc1OCc1ccc(-c2nc(C(F)(F)F)cn2C(C)C)c(F)c1. The first-order chi connectivity index (χ1) is 14.5. The molecule has 166 valence electrons. The van der Waals surface area contributed by atoms with Crippen molar-refractivity contribution < 1.29 is 27.4 Å². The van der Waals surface area contributed by atoms with E-state index in [4.69, 9.17) is 16.3 Å². The molecule has 0 fully saturated rings. The third-order valence-electron chi connectivity index (χ3n) is 4.43. The number of hydrogen-bond acceptors (Lipinski definition) is 5. The molecule has 1 atom stereocenters. The van der Waals surface area contributed by atoms with E-state index in [2.05, 4.69) is 15.0 Å². The molecule has 0 saturated carbocycles. The minimum Gasteiger partial charge on any atom is -0.472 e. The van der Waals surface area contributed by atoms with Crippen molar-refractivity contribution in [3.05, 3.63) is 58.5 Å². The Balaban J connectivity index is 1.88. The molecule has 0 aliphatic rings. The number of aliphatic hydroxyl groups is 1. The van der Waals surface area contributed by atoms with Gasteiger partial charge in [-0.05, 0) is 50.1 Å². The molecule has 31 heavy (non-hydrogen) atoms. The maximum absolute atomic E-state index is 14.8. The van der Waals surface area contributed by atoms with E-state index in [1.54, 1.807) is 13.8 Å². The van der Waals surface area contributed by atoms with Crippen LogP contribution in [-0.2, 0) is 12.8 Å². The van der Waals surface area contributed by atoms with Crippen molar-refractivity contribution in [3.8, 4) is 17.3 Å². The van der Waals surface area contributed by atoms with Gasteiger partial charge in [-0.3, -0.25) is 0 Å². The van der Waals surface area contributed by atoms with Crippen molar-refractivity contribution in [1.82, 2.24) is 19.5 Å². The van der Waals surface area contributed by atoms with E-state index in [-0.39, 0.29) is 35.2 Å². The minimum atomic E-state index is -4.64. The number of aromatic nitrogens is 4. The lowest BCUT2D eigenvalue weighted by Gasteiger charge is -2.14. The van der Waals surface area contributed by atoms with E-state index in [9.17, 15) is 22.7 Å². The Kier molecular flexibility index (Phi) is 6.51. The maximum atomic E-state index is 14.8. The highest BCUT2D eigenvalue weighted by Crippen LogP contribution is 2.33. The summed E-state index contributed by atoms with van der Waals surface area (Å²) in [6.45, 7) is 4.74. The number of benzene rings is 1. The molecule has 0 aliphatic heterocycles. The molecule has 1 unspecified atom stereocenters. The van der Waals surface area contributed by atoms with E-state index in [1.165, 1.54) is 29.8 Å². The summed E-state index contributed by atoms with van der Waals surface area (Å²) in [6.07, 6.45) is -3.36. The van der Waals surface area contributed by atoms with Crippen LogP contribution in [0.1, 0.15) is 49.7 Å². The van der Waals surface area contributed by atoms with Crippen LogP contribution >= 0.6 is 11.6 Å². The molecule has 6 nitrogen and oxygen atoms in total. The second-order valence-corrected chi connectivity index (χ2v) is 7.46. The van der Waals surface area contributed by atoms with Gasteiger partial charge in [-0.25, -0.2) is 14.4 Å². The number of halogens is 5. The zero-order valence-corrected chi connectivity index (χ0v) is 17.5. The summed E-state index contributed by atoms with van der Waals surface area (Å²) in [7, 11) is 0. The molecular formula is C20H19ClF4N4O2. The van der Waals surface area contributed by atoms with Crippen LogP contribution in [0.15, 0.2) is 30.6 Å². The van der Waals surface area contributed by atoms with Crippen LogP contribution in [0.3, 0.4) is 0 Å². The largest absolute Gasteiger partial charge is 0.472 e. The highest BCUT2D eigenvalue weighted by atomic mass is 35.5. The molecular weight excluding hydrogens is 440 g/mol. The highest BCUT2D eigenvalue weighted by molar-refractivity contribution is 6.28. The van der Waals surface area contributed by atoms with Crippen molar-refractivity contribution in [3.63, 3.8) is 0 Å². The minimum absolute atomic E-state index is 0.0460. The first kappa shape index (κ1) is 23.0. The van der Waals surface area contributed by atoms with E-state index < -0.39 is 23.8 Å². The van der Waals surface area contributed by atoms with Crippen molar-refractivity contribution in [1.29, 1.82) is 0 Å². The van der Waals surface area contributed by atoms with Gasteiger partial charge in [0.1, 0.15) is 18.2 Å². The third kappa shape index (κ3) is 5.13. The molecule has 0 spiro atoms. The van der Waals surface area contributed by atoms with Crippen LogP contribution in [0, 0.1) is 5.82 Å². The van der Waals surface area contributed by atoms with Gasteiger partial charge in [0.2, 0.25) is 11.2 Å². The molecule has 2 heterocycles. The van der Waals surface area contributed by atoms with Gasteiger partial charge in [0, 0.05) is 18.4 Å². The Morgan fingerprint density at radius 3 is 2.48 bits per heavy atom. The quantitative estimate of drug-likeness (QED) is 0.397. The summed E-state index contributed by atoms with van der Waals surface area (Å²) in [5.41, 5.74) is -0.455. The van der Waals surface area contributed by atoms with E-state index in [0.717, 1.165) is 12.3 Å². The van der Waals surface area contributed by atoms with Gasteiger partial charge in [0.05, 0.1) is 17.2 Å². The first-order valence-corrected chi connectivity index (χ1v) is 9.63. The lowest BCUT2D eigenvalue weighted by Crippen LogP contribution is -2.06. The fourth-order valence-corrected chi connectivity index (χ4v) is 2.99. The van der Waals surface area contributed by atoms with Crippen LogP contribution in [-0.4, -0.2) is 24.6 Å². The highest BCUT2D eigenvalue weighted by Gasteiger charge is 2.35. The fourth-order valence-electron chi connectivity index (χ4n) is 2.86. The topological polar surface area (TPSA) is 73.1 Å². The number of nitrogens with zero attached hydrogens (tertiary/aromatic N) is 4. The van der Waals surface area contributed by atoms with Crippen LogP contribution in [0.25, 0.3) is 11.4 Å². The predicted octanol–water partition coefficient (Wildman–Crippen LogP) is 5.36. The van der Waals surface area contributed by atoms with E-state index in [1.807, 2.05) is 0 Å². The Morgan fingerprint density at radius 1 is 1.19 bits per heavy atom. The van der Waals surface area contributed by atoms with Gasteiger partial charge in [-0.2, -0.15) is 18.2 Å². The van der Waals surface area contributed by atoms with Crippen molar-refractivity contribution in [2.75, 3.05) is 0 Å². The normalized spacial score (nSPS) is 13.0. The van der Waals surface area contributed by atoms with Crippen LogP contribution in [0.5, 0.6) is 5.88 Å². The standard InChI is InChI=1S/C20H19ClF4N4O2/c1-10(2)29-8-16(20(23,24)25)27-17(29)13-5-4-12(6-15(13)22)9-31-18-14(11(3)30)7-26-19(21)28-18/h4-8,10-11,30H,9H2,1-3H3. The van der Waals surface area contributed by atoms with Crippen molar-refractivity contribution in [2.24, 2.45) is 0 Å². The van der Waals surface area contributed by atoms with Gasteiger partial charge in [-0.1, -0.05) is 6.07 Å². The van der Waals surface area contributed by atoms with Gasteiger partial charge in [0.15, 0.2) is 5.69 Å². The Hall–Kier alpha value is -2.72. The number of hydrogen-bond donors (Lipinski definition) is 1. The predicted molar refractivity (Wildman–Crippen MR) is 105 cm³/mol. The van der Waals surface area contributed by atoms with Gasteiger partial charge in [-0.15, -0.1) is 0 Å². The molecule has 1 aromatic carbocycles. The van der Waals surface area contributed by atoms with E-state index in [0.29, 0.717) is 11.1 Å². The second-order valence-electron chi connectivity index (χ2n) is 7.13. The summed E-state index contributed by atoms with van der Waals surface area (Å²) in [5.74, 6) is -0.824. The number of rotatable bonds is 6. The molecule has 3 aromatic rings.